The van der Waals surface area contributed by atoms with Crippen LogP contribution in [0.4, 0.5) is 5.69 Å². The molecule has 0 bridgehead atoms. The van der Waals surface area contributed by atoms with Gasteiger partial charge in [-0.1, -0.05) is 11.6 Å². The van der Waals surface area contributed by atoms with Crippen LogP contribution in [0.3, 0.4) is 0 Å². The number of hydrogen-bond acceptors (Lipinski definition) is 3. The molecule has 1 aliphatic carbocycles. The molecule has 4 N–H and O–H groups in total. The summed E-state index contributed by atoms with van der Waals surface area (Å²) in [6, 6.07) is 6.48. The van der Waals surface area contributed by atoms with Crippen molar-refractivity contribution in [2.75, 3.05) is 18.1 Å². The van der Waals surface area contributed by atoms with Crippen LogP contribution in [-0.4, -0.2) is 30.1 Å². The van der Waals surface area contributed by atoms with Crippen molar-refractivity contribution in [2.45, 2.75) is 32.2 Å². The molecule has 0 aliphatic heterocycles. The first-order valence-electron chi connectivity index (χ1n) is 6.46. The number of benzene rings is 1. The van der Waals surface area contributed by atoms with Crippen molar-refractivity contribution < 1.29 is 5.11 Å². The predicted molar refractivity (Wildman–Crippen MR) is 74.3 cm³/mol. The number of nitrogen functional groups attached to an aromatic ring is 1. The molecule has 4 nitrogen and oxygen atoms in total. The van der Waals surface area contributed by atoms with Crippen molar-refractivity contribution in [1.82, 2.24) is 0 Å². The van der Waals surface area contributed by atoms with E-state index in [1.54, 1.807) is 0 Å². The van der Waals surface area contributed by atoms with Crippen LogP contribution >= 0.6 is 0 Å². The lowest BCUT2D eigenvalue weighted by molar-refractivity contribution is 0.283. The number of anilines is 1. The van der Waals surface area contributed by atoms with E-state index in [0.29, 0.717) is 12.6 Å². The second kappa shape index (κ2) is 5.40. The molecule has 4 heteroatoms. The zero-order chi connectivity index (χ0) is 13.1. The zero-order valence-corrected chi connectivity index (χ0v) is 10.8. The summed E-state index contributed by atoms with van der Waals surface area (Å²) >= 11 is 0. The maximum atomic E-state index is 9.22. The van der Waals surface area contributed by atoms with Gasteiger partial charge in [-0.3, -0.25) is 5.41 Å². The van der Waals surface area contributed by atoms with Crippen LogP contribution in [0.1, 0.15) is 30.4 Å². The largest absolute Gasteiger partial charge is 0.395 e. The van der Waals surface area contributed by atoms with Crippen molar-refractivity contribution in [3.63, 3.8) is 0 Å². The van der Waals surface area contributed by atoms with E-state index in [1.165, 1.54) is 6.42 Å². The molecule has 0 spiro atoms. The van der Waals surface area contributed by atoms with Gasteiger partial charge < -0.3 is 15.7 Å². The lowest BCUT2D eigenvalue weighted by atomic mass is 9.90. The third kappa shape index (κ3) is 2.48. The Balaban J connectivity index is 2.36. The lowest BCUT2D eigenvalue weighted by Gasteiger charge is -2.40. The van der Waals surface area contributed by atoms with Gasteiger partial charge in [0.1, 0.15) is 5.84 Å². The van der Waals surface area contributed by atoms with Crippen LogP contribution in [0.15, 0.2) is 18.2 Å². The van der Waals surface area contributed by atoms with Gasteiger partial charge in [0.05, 0.1) is 6.61 Å². The van der Waals surface area contributed by atoms with Gasteiger partial charge in [-0.15, -0.1) is 0 Å². The topological polar surface area (TPSA) is 73.3 Å². The molecule has 1 aromatic carbocycles. The maximum absolute atomic E-state index is 9.22. The minimum atomic E-state index is 0.0935. The Labute approximate surface area is 108 Å². The fourth-order valence-electron chi connectivity index (χ4n) is 2.42. The summed E-state index contributed by atoms with van der Waals surface area (Å²) in [6.45, 7) is 2.73. The third-order valence-electron chi connectivity index (χ3n) is 3.61. The van der Waals surface area contributed by atoms with Crippen molar-refractivity contribution in [3.05, 3.63) is 29.3 Å². The molecule has 0 unspecified atom stereocenters. The summed E-state index contributed by atoms with van der Waals surface area (Å²) in [4.78, 5) is 2.19. The van der Waals surface area contributed by atoms with Gasteiger partial charge in [0.25, 0.3) is 0 Å². The van der Waals surface area contributed by atoms with Gasteiger partial charge in [-0.2, -0.15) is 0 Å². The molecule has 0 saturated heterocycles. The van der Waals surface area contributed by atoms with Crippen LogP contribution < -0.4 is 10.6 Å². The Morgan fingerprint density at radius 1 is 1.50 bits per heavy atom. The van der Waals surface area contributed by atoms with E-state index in [4.69, 9.17) is 11.1 Å². The van der Waals surface area contributed by atoms with Crippen molar-refractivity contribution in [2.24, 2.45) is 5.73 Å². The Bertz CT molecular complexity index is 441. The standard InChI is InChI=1S/C14H21N3O/c1-10-5-6-13(12(9-10)14(15)16)17(7-8-18)11-3-2-4-11/h5-6,9,11,18H,2-4,7-8H2,1H3,(H3,15,16). The van der Waals surface area contributed by atoms with E-state index < -0.39 is 0 Å². The Hall–Kier alpha value is -1.55. The first kappa shape index (κ1) is 12.9. The molecule has 0 radical (unpaired) electrons. The van der Waals surface area contributed by atoms with Gasteiger partial charge in [-0.05, 0) is 38.3 Å². The highest BCUT2D eigenvalue weighted by atomic mass is 16.3. The summed E-state index contributed by atoms with van der Waals surface area (Å²) in [7, 11) is 0. The van der Waals surface area contributed by atoms with E-state index in [-0.39, 0.29) is 12.4 Å². The van der Waals surface area contributed by atoms with Gasteiger partial charge in [0.2, 0.25) is 0 Å². The molecule has 0 aromatic heterocycles. The Morgan fingerprint density at radius 3 is 2.72 bits per heavy atom. The van der Waals surface area contributed by atoms with Gasteiger partial charge in [0, 0.05) is 23.8 Å². The lowest BCUT2D eigenvalue weighted by Crippen LogP contribution is -2.43. The van der Waals surface area contributed by atoms with Crippen molar-refractivity contribution >= 4 is 11.5 Å². The predicted octanol–water partition coefficient (Wildman–Crippen LogP) is 1.63. The summed E-state index contributed by atoms with van der Waals surface area (Å²) < 4.78 is 0. The third-order valence-corrected chi connectivity index (χ3v) is 3.61. The molecule has 1 saturated carbocycles. The number of rotatable bonds is 5. The maximum Gasteiger partial charge on any atom is 0.124 e. The second-order valence-corrected chi connectivity index (χ2v) is 4.94. The Morgan fingerprint density at radius 2 is 2.22 bits per heavy atom. The molecule has 18 heavy (non-hydrogen) atoms. The van der Waals surface area contributed by atoms with E-state index in [1.807, 2.05) is 25.1 Å². The number of aliphatic hydroxyl groups is 1. The minimum Gasteiger partial charge on any atom is -0.395 e. The normalized spacial score (nSPS) is 15.2. The molecular weight excluding hydrogens is 226 g/mol. The van der Waals surface area contributed by atoms with E-state index in [2.05, 4.69) is 4.90 Å². The fraction of sp³-hybridized carbons (Fsp3) is 0.500. The second-order valence-electron chi connectivity index (χ2n) is 4.94. The summed E-state index contributed by atoms with van der Waals surface area (Å²) in [5.74, 6) is 0.0935. The highest BCUT2D eigenvalue weighted by Crippen LogP contribution is 2.31. The van der Waals surface area contributed by atoms with Crippen LogP contribution in [0.5, 0.6) is 0 Å². The molecule has 2 rings (SSSR count). The quantitative estimate of drug-likeness (QED) is 0.547. The molecule has 0 atom stereocenters. The monoisotopic (exact) mass is 247 g/mol. The van der Waals surface area contributed by atoms with Crippen LogP contribution in [0.25, 0.3) is 0 Å². The number of amidine groups is 1. The highest BCUT2D eigenvalue weighted by molar-refractivity contribution is 6.00. The summed E-state index contributed by atoms with van der Waals surface area (Å²) in [5, 5.41) is 16.9. The van der Waals surface area contributed by atoms with E-state index >= 15 is 0 Å². The van der Waals surface area contributed by atoms with Gasteiger partial charge >= 0.3 is 0 Å². The first-order chi connectivity index (χ1) is 8.63. The van der Waals surface area contributed by atoms with E-state index in [0.717, 1.165) is 29.7 Å². The number of nitrogens with zero attached hydrogens (tertiary/aromatic N) is 1. The summed E-state index contributed by atoms with van der Waals surface area (Å²) in [5.41, 5.74) is 8.52. The minimum absolute atomic E-state index is 0.0935. The van der Waals surface area contributed by atoms with Crippen LogP contribution in [-0.2, 0) is 0 Å². The SMILES string of the molecule is Cc1ccc(N(CCO)C2CCC2)c(C(=N)N)c1. The number of nitrogens with one attached hydrogen (secondary N) is 1. The number of aryl methyl sites for hydroxylation is 1. The van der Waals surface area contributed by atoms with Crippen molar-refractivity contribution in [3.8, 4) is 0 Å². The molecule has 1 fully saturated rings. The van der Waals surface area contributed by atoms with Gasteiger partial charge in [-0.25, -0.2) is 0 Å². The van der Waals surface area contributed by atoms with Crippen LogP contribution in [0.2, 0.25) is 0 Å². The fourth-order valence-corrected chi connectivity index (χ4v) is 2.42. The molecule has 1 aliphatic rings. The molecule has 98 valence electrons. The Kier molecular flexibility index (Phi) is 3.87. The average Bonchev–Trinajstić information content (AvgIpc) is 2.26. The van der Waals surface area contributed by atoms with Gasteiger partial charge in [0.15, 0.2) is 0 Å². The van der Waals surface area contributed by atoms with Crippen LogP contribution in [0, 0.1) is 12.3 Å². The molecule has 1 aromatic rings. The zero-order valence-electron chi connectivity index (χ0n) is 10.8. The number of nitrogens with two attached hydrogens (primary N) is 1. The molecule has 0 amide bonds. The number of hydrogen-bond donors (Lipinski definition) is 3. The smallest absolute Gasteiger partial charge is 0.124 e. The summed E-state index contributed by atoms with van der Waals surface area (Å²) in [6.07, 6.45) is 3.56. The first-order valence-corrected chi connectivity index (χ1v) is 6.46. The molecular formula is C14H21N3O. The molecule has 0 heterocycles. The van der Waals surface area contributed by atoms with Crippen molar-refractivity contribution in [1.29, 1.82) is 5.41 Å². The average molecular weight is 247 g/mol. The van der Waals surface area contributed by atoms with E-state index in [9.17, 15) is 5.11 Å². The number of aliphatic hydroxyl groups excluding tert-OH is 1. The highest BCUT2D eigenvalue weighted by Gasteiger charge is 2.26.